The number of carbonyl (C=O) groups is 1. The lowest BCUT2D eigenvalue weighted by atomic mass is 10.4. The Kier molecular flexibility index (Phi) is 4.96. The number of carbonyl (C=O) groups excluding carboxylic acids is 1. The standard InChI is InChI=1S/C7H15O8PS/c1-12-16(9,13-2)4-7(8)15-6-3-14-17(10,11)5-6/h6,10-11H,3-5H2,1-2H3. The molecule has 1 aliphatic heterocycles. The number of rotatable bonds is 5. The molecule has 1 saturated heterocycles. The molecule has 0 aromatic heterocycles. The largest absolute Gasteiger partial charge is 0.458 e. The Labute approximate surface area is 100 Å². The van der Waals surface area contributed by atoms with Crippen LogP contribution in [-0.2, 0) is 27.3 Å². The van der Waals surface area contributed by atoms with Gasteiger partial charge in [-0.2, -0.15) is 0 Å². The topological polar surface area (TPSA) is 112 Å². The zero-order valence-corrected chi connectivity index (χ0v) is 11.1. The van der Waals surface area contributed by atoms with Gasteiger partial charge in [0.15, 0.2) is 0 Å². The van der Waals surface area contributed by atoms with Crippen LogP contribution in [0.4, 0.5) is 0 Å². The van der Waals surface area contributed by atoms with Crippen LogP contribution >= 0.6 is 18.5 Å². The molecule has 17 heavy (non-hydrogen) atoms. The number of ether oxygens (including phenoxy) is 1. The highest BCUT2D eigenvalue weighted by Gasteiger charge is 2.36. The molecule has 1 heterocycles. The van der Waals surface area contributed by atoms with Crippen molar-refractivity contribution in [3.8, 4) is 0 Å². The van der Waals surface area contributed by atoms with Crippen molar-refractivity contribution in [2.75, 3.05) is 32.7 Å². The Morgan fingerprint density at radius 2 is 2.06 bits per heavy atom. The Morgan fingerprint density at radius 3 is 2.47 bits per heavy atom. The Balaban J connectivity index is 2.43. The minimum Gasteiger partial charge on any atom is -0.458 e. The predicted molar refractivity (Wildman–Crippen MR) is 60.0 cm³/mol. The van der Waals surface area contributed by atoms with Crippen molar-refractivity contribution in [2.24, 2.45) is 0 Å². The molecule has 0 saturated carbocycles. The molecule has 102 valence electrons. The average Bonchev–Trinajstić information content (AvgIpc) is 2.57. The maximum Gasteiger partial charge on any atom is 0.341 e. The van der Waals surface area contributed by atoms with E-state index in [4.69, 9.17) is 13.8 Å². The summed E-state index contributed by atoms with van der Waals surface area (Å²) in [5, 5.41) is 0. The normalized spacial score (nSPS) is 25.5. The minimum absolute atomic E-state index is 0.0989. The summed E-state index contributed by atoms with van der Waals surface area (Å²) in [6, 6.07) is 0. The first-order valence-corrected chi connectivity index (χ1v) is 7.97. The molecule has 2 N–H and O–H groups in total. The van der Waals surface area contributed by atoms with Crippen molar-refractivity contribution < 1.29 is 36.4 Å². The lowest BCUT2D eigenvalue weighted by Gasteiger charge is -2.18. The van der Waals surface area contributed by atoms with E-state index in [1.165, 1.54) is 0 Å². The van der Waals surface area contributed by atoms with E-state index in [0.717, 1.165) is 14.2 Å². The lowest BCUT2D eigenvalue weighted by Crippen LogP contribution is -2.23. The van der Waals surface area contributed by atoms with Gasteiger partial charge in [-0.15, -0.1) is 0 Å². The summed E-state index contributed by atoms with van der Waals surface area (Å²) in [6.45, 7) is -0.0989. The van der Waals surface area contributed by atoms with Crippen LogP contribution in [0.15, 0.2) is 0 Å². The number of esters is 1. The third-order valence-electron chi connectivity index (χ3n) is 2.02. The zero-order chi connectivity index (χ0) is 13.1. The highest BCUT2D eigenvalue weighted by molar-refractivity contribution is 8.20. The molecule has 10 heteroatoms. The van der Waals surface area contributed by atoms with Gasteiger partial charge in [-0.1, -0.05) is 0 Å². The van der Waals surface area contributed by atoms with E-state index in [1.807, 2.05) is 0 Å². The summed E-state index contributed by atoms with van der Waals surface area (Å²) >= 11 is 0. The number of hydrogen-bond acceptors (Lipinski definition) is 8. The van der Waals surface area contributed by atoms with E-state index in [0.29, 0.717) is 0 Å². The summed E-state index contributed by atoms with van der Waals surface area (Å²) in [5.74, 6) is -0.981. The highest BCUT2D eigenvalue weighted by Crippen LogP contribution is 2.48. The summed E-state index contributed by atoms with van der Waals surface area (Å²) < 4.78 is 48.5. The molecule has 8 nitrogen and oxygen atoms in total. The minimum atomic E-state index is -3.46. The Morgan fingerprint density at radius 1 is 1.47 bits per heavy atom. The van der Waals surface area contributed by atoms with Crippen LogP contribution in [0.5, 0.6) is 0 Å². The van der Waals surface area contributed by atoms with Crippen LogP contribution in [0.1, 0.15) is 0 Å². The third-order valence-corrected chi connectivity index (χ3v) is 5.10. The maximum absolute atomic E-state index is 11.6. The second-order valence-corrected chi connectivity index (χ2v) is 7.35. The third kappa shape index (κ3) is 4.55. The summed E-state index contributed by atoms with van der Waals surface area (Å²) in [4.78, 5) is 11.4. The van der Waals surface area contributed by atoms with E-state index >= 15 is 0 Å². The van der Waals surface area contributed by atoms with Crippen LogP contribution in [0.2, 0.25) is 0 Å². The van der Waals surface area contributed by atoms with E-state index in [9.17, 15) is 9.36 Å². The molecule has 0 amide bonds. The maximum atomic E-state index is 11.6. The average molecular weight is 290 g/mol. The first kappa shape index (κ1) is 14.9. The quantitative estimate of drug-likeness (QED) is 0.571. The molecule has 1 fully saturated rings. The first-order chi connectivity index (χ1) is 7.80. The van der Waals surface area contributed by atoms with Crippen molar-refractivity contribution in [2.45, 2.75) is 6.10 Å². The van der Waals surface area contributed by atoms with Gasteiger partial charge in [0.05, 0.1) is 16.6 Å². The molecule has 0 spiro atoms. The van der Waals surface area contributed by atoms with Crippen LogP contribution in [0.3, 0.4) is 0 Å². The number of hydrogen-bond donors (Lipinski definition) is 2. The fraction of sp³-hybridized carbons (Fsp3) is 0.857. The SMILES string of the molecule is COP(=O)(CC(=O)OC1COS(O)(O)C1)OC. The molecular formula is C7H15O8PS. The summed E-state index contributed by atoms with van der Waals surface area (Å²) in [6.07, 6.45) is -1.29. The summed E-state index contributed by atoms with van der Waals surface area (Å²) in [7, 11) is -4.25. The van der Waals surface area contributed by atoms with Gasteiger partial charge in [-0.3, -0.25) is 13.5 Å². The van der Waals surface area contributed by atoms with Gasteiger partial charge in [-0.05, 0) is 0 Å². The van der Waals surface area contributed by atoms with Crippen molar-refractivity contribution in [3.63, 3.8) is 0 Å². The van der Waals surface area contributed by atoms with Gasteiger partial charge in [-0.25, -0.2) is 0 Å². The smallest absolute Gasteiger partial charge is 0.341 e. The second kappa shape index (κ2) is 5.66. The van der Waals surface area contributed by atoms with Gasteiger partial charge in [0.25, 0.3) is 0 Å². The molecule has 0 aromatic carbocycles. The van der Waals surface area contributed by atoms with Crippen LogP contribution in [0.25, 0.3) is 0 Å². The van der Waals surface area contributed by atoms with E-state index in [2.05, 4.69) is 13.2 Å². The predicted octanol–water partition coefficient (Wildman–Crippen LogP) is 1.08. The van der Waals surface area contributed by atoms with Crippen LogP contribution < -0.4 is 0 Å². The van der Waals surface area contributed by atoms with Crippen molar-refractivity contribution >= 4 is 24.4 Å². The molecule has 1 atom stereocenters. The fourth-order valence-corrected chi connectivity index (χ4v) is 3.09. The molecule has 1 unspecified atom stereocenters. The van der Waals surface area contributed by atoms with Gasteiger partial charge < -0.3 is 22.9 Å². The molecule has 0 bridgehead atoms. The fourth-order valence-electron chi connectivity index (χ4n) is 1.18. The van der Waals surface area contributed by atoms with Crippen LogP contribution in [0, 0.1) is 0 Å². The van der Waals surface area contributed by atoms with Gasteiger partial charge in [0.2, 0.25) is 0 Å². The monoisotopic (exact) mass is 290 g/mol. The summed E-state index contributed by atoms with van der Waals surface area (Å²) in [5.41, 5.74) is 0. The van der Waals surface area contributed by atoms with Gasteiger partial charge >= 0.3 is 13.6 Å². The molecule has 0 aromatic rings. The molecule has 0 aliphatic carbocycles. The zero-order valence-electron chi connectivity index (χ0n) is 9.40. The molecular weight excluding hydrogens is 275 g/mol. The first-order valence-electron chi connectivity index (χ1n) is 4.60. The molecule has 1 aliphatic rings. The van der Waals surface area contributed by atoms with Crippen molar-refractivity contribution in [1.82, 2.24) is 0 Å². The van der Waals surface area contributed by atoms with Crippen molar-refractivity contribution in [1.29, 1.82) is 0 Å². The molecule has 1 rings (SSSR count). The van der Waals surface area contributed by atoms with Gasteiger partial charge in [0.1, 0.15) is 18.9 Å². The van der Waals surface area contributed by atoms with Crippen LogP contribution in [-0.4, -0.2) is 53.9 Å². The Hall–Kier alpha value is -0.150. The van der Waals surface area contributed by atoms with E-state index in [-0.39, 0.29) is 12.4 Å². The van der Waals surface area contributed by atoms with Crippen molar-refractivity contribution in [3.05, 3.63) is 0 Å². The molecule has 0 radical (unpaired) electrons. The van der Waals surface area contributed by atoms with E-state index < -0.39 is 36.7 Å². The van der Waals surface area contributed by atoms with Gasteiger partial charge in [0, 0.05) is 14.2 Å². The lowest BCUT2D eigenvalue weighted by molar-refractivity contribution is -0.145. The highest BCUT2D eigenvalue weighted by atomic mass is 32.3. The second-order valence-electron chi connectivity index (χ2n) is 3.30. The Bertz CT molecular complexity index is 324. The van der Waals surface area contributed by atoms with E-state index in [1.54, 1.807) is 0 Å².